The largest absolute Gasteiger partial charge is 0.381 e. The summed E-state index contributed by atoms with van der Waals surface area (Å²) in [6, 6.07) is 0. The van der Waals surface area contributed by atoms with Gasteiger partial charge in [0.2, 0.25) is 0 Å². The monoisotopic (exact) mass is 288 g/mol. The third-order valence-electron chi connectivity index (χ3n) is 3.89. The van der Waals surface area contributed by atoms with Gasteiger partial charge in [-0.05, 0) is 44.0 Å². The summed E-state index contributed by atoms with van der Waals surface area (Å²) in [7, 11) is 2.26. The SMILES string of the molecule is CSCCN(C)CC1(CNCC(C)C)CCOCC1. The standard InChI is InChI=1S/C15H32N2OS/c1-14(2)11-16-12-15(5-8-18-9-6-15)13-17(3)7-10-19-4/h14,16H,5-13H2,1-4H3. The quantitative estimate of drug-likeness (QED) is 0.704. The molecule has 0 atom stereocenters. The van der Waals surface area contributed by atoms with Gasteiger partial charge in [-0.1, -0.05) is 13.8 Å². The Hall–Kier alpha value is 0.230. The molecule has 0 aliphatic carbocycles. The third-order valence-corrected chi connectivity index (χ3v) is 4.48. The molecule has 4 heteroatoms. The Labute approximate surface area is 123 Å². The lowest BCUT2D eigenvalue weighted by Gasteiger charge is -2.40. The lowest BCUT2D eigenvalue weighted by Crippen LogP contribution is -2.47. The zero-order chi connectivity index (χ0) is 14.1. The lowest BCUT2D eigenvalue weighted by molar-refractivity contribution is 0.00000911. The molecule has 0 bridgehead atoms. The van der Waals surface area contributed by atoms with E-state index in [9.17, 15) is 0 Å². The van der Waals surface area contributed by atoms with Gasteiger partial charge in [0, 0.05) is 38.6 Å². The zero-order valence-electron chi connectivity index (χ0n) is 13.2. The van der Waals surface area contributed by atoms with Crippen LogP contribution in [0.2, 0.25) is 0 Å². The van der Waals surface area contributed by atoms with E-state index in [2.05, 4.69) is 37.4 Å². The van der Waals surface area contributed by atoms with Crippen molar-refractivity contribution in [1.82, 2.24) is 10.2 Å². The molecule has 0 saturated carbocycles. The van der Waals surface area contributed by atoms with Gasteiger partial charge in [0.1, 0.15) is 0 Å². The minimum atomic E-state index is 0.417. The summed E-state index contributed by atoms with van der Waals surface area (Å²) < 4.78 is 5.56. The Bertz CT molecular complexity index is 230. The van der Waals surface area contributed by atoms with E-state index < -0.39 is 0 Å². The Balaban J connectivity index is 2.44. The fraction of sp³-hybridized carbons (Fsp3) is 1.00. The van der Waals surface area contributed by atoms with E-state index in [1.54, 1.807) is 0 Å². The van der Waals surface area contributed by atoms with Crippen LogP contribution in [0.15, 0.2) is 0 Å². The first-order valence-electron chi connectivity index (χ1n) is 7.54. The number of ether oxygens (including phenoxy) is 1. The van der Waals surface area contributed by atoms with E-state index in [-0.39, 0.29) is 0 Å². The van der Waals surface area contributed by atoms with Gasteiger partial charge in [0.25, 0.3) is 0 Å². The summed E-state index contributed by atoms with van der Waals surface area (Å²) in [5, 5.41) is 3.67. The first kappa shape index (κ1) is 17.3. The lowest BCUT2D eigenvalue weighted by atomic mass is 9.79. The number of rotatable bonds is 9. The molecule has 0 unspecified atom stereocenters. The maximum atomic E-state index is 5.56. The van der Waals surface area contributed by atoms with Gasteiger partial charge in [-0.2, -0.15) is 11.8 Å². The Kier molecular flexibility index (Phi) is 8.38. The van der Waals surface area contributed by atoms with Gasteiger partial charge in [-0.15, -0.1) is 0 Å². The van der Waals surface area contributed by atoms with Gasteiger partial charge < -0.3 is 15.0 Å². The van der Waals surface area contributed by atoms with Crippen LogP contribution in [-0.4, -0.2) is 63.3 Å². The van der Waals surface area contributed by atoms with Gasteiger partial charge in [0.05, 0.1) is 0 Å². The summed E-state index contributed by atoms with van der Waals surface area (Å²) in [5.74, 6) is 1.95. The van der Waals surface area contributed by atoms with Crippen molar-refractivity contribution >= 4 is 11.8 Å². The summed E-state index contributed by atoms with van der Waals surface area (Å²) in [6.45, 7) is 11.0. The number of nitrogens with one attached hydrogen (secondary N) is 1. The predicted molar refractivity (Wildman–Crippen MR) is 86.1 cm³/mol. The normalized spacial score (nSPS) is 19.3. The minimum Gasteiger partial charge on any atom is -0.381 e. The summed E-state index contributed by atoms with van der Waals surface area (Å²) in [5.41, 5.74) is 0.417. The van der Waals surface area contributed by atoms with Crippen LogP contribution in [0.25, 0.3) is 0 Å². The minimum absolute atomic E-state index is 0.417. The van der Waals surface area contributed by atoms with Crippen molar-refractivity contribution in [2.75, 3.05) is 58.4 Å². The highest BCUT2D eigenvalue weighted by atomic mass is 32.2. The highest BCUT2D eigenvalue weighted by molar-refractivity contribution is 7.98. The van der Waals surface area contributed by atoms with Crippen LogP contribution in [0.4, 0.5) is 0 Å². The van der Waals surface area contributed by atoms with Crippen molar-refractivity contribution in [2.45, 2.75) is 26.7 Å². The van der Waals surface area contributed by atoms with E-state index in [4.69, 9.17) is 4.74 Å². The van der Waals surface area contributed by atoms with Crippen molar-refractivity contribution in [3.8, 4) is 0 Å². The van der Waals surface area contributed by atoms with Gasteiger partial charge in [-0.3, -0.25) is 0 Å². The van der Waals surface area contributed by atoms with Crippen LogP contribution in [0, 0.1) is 11.3 Å². The molecule has 0 aromatic heterocycles. The van der Waals surface area contributed by atoms with Gasteiger partial charge >= 0.3 is 0 Å². The molecule has 0 amide bonds. The first-order valence-corrected chi connectivity index (χ1v) is 8.93. The number of nitrogens with zero attached hydrogens (tertiary/aromatic N) is 1. The molecule has 1 fully saturated rings. The van der Waals surface area contributed by atoms with Gasteiger partial charge in [0.15, 0.2) is 0 Å². The second kappa shape index (κ2) is 9.22. The summed E-state index contributed by atoms with van der Waals surface area (Å²) in [6.07, 6.45) is 4.58. The van der Waals surface area contributed by atoms with E-state index in [0.29, 0.717) is 5.41 Å². The Morgan fingerprint density at radius 3 is 2.58 bits per heavy atom. The molecule has 1 aliphatic heterocycles. The fourth-order valence-electron chi connectivity index (χ4n) is 2.72. The first-order chi connectivity index (χ1) is 9.08. The Morgan fingerprint density at radius 2 is 2.00 bits per heavy atom. The molecule has 0 radical (unpaired) electrons. The van der Waals surface area contributed by atoms with Crippen molar-refractivity contribution in [2.24, 2.45) is 11.3 Å². The van der Waals surface area contributed by atoms with Crippen molar-refractivity contribution in [1.29, 1.82) is 0 Å². The average Bonchev–Trinajstić information content (AvgIpc) is 2.37. The number of hydrogen-bond acceptors (Lipinski definition) is 4. The van der Waals surface area contributed by atoms with Crippen LogP contribution < -0.4 is 5.32 Å². The van der Waals surface area contributed by atoms with E-state index in [0.717, 1.165) is 32.2 Å². The maximum absolute atomic E-state index is 5.56. The molecule has 1 N–H and O–H groups in total. The molecule has 114 valence electrons. The molecule has 1 saturated heterocycles. The highest BCUT2D eigenvalue weighted by Gasteiger charge is 2.33. The average molecular weight is 289 g/mol. The molecular weight excluding hydrogens is 256 g/mol. The molecule has 19 heavy (non-hydrogen) atoms. The molecule has 1 rings (SSSR count). The van der Waals surface area contributed by atoms with E-state index >= 15 is 0 Å². The van der Waals surface area contributed by atoms with Crippen LogP contribution in [0.1, 0.15) is 26.7 Å². The van der Waals surface area contributed by atoms with Crippen LogP contribution >= 0.6 is 11.8 Å². The van der Waals surface area contributed by atoms with E-state index in [1.165, 1.54) is 31.7 Å². The number of hydrogen-bond donors (Lipinski definition) is 1. The highest BCUT2D eigenvalue weighted by Crippen LogP contribution is 2.30. The zero-order valence-corrected chi connectivity index (χ0v) is 14.0. The molecule has 1 heterocycles. The van der Waals surface area contributed by atoms with Crippen molar-refractivity contribution < 1.29 is 4.74 Å². The van der Waals surface area contributed by atoms with Gasteiger partial charge in [-0.25, -0.2) is 0 Å². The predicted octanol–water partition coefficient (Wildman–Crippen LogP) is 2.32. The smallest absolute Gasteiger partial charge is 0.0472 e. The Morgan fingerprint density at radius 1 is 1.32 bits per heavy atom. The molecule has 0 spiro atoms. The molecule has 1 aliphatic rings. The summed E-state index contributed by atoms with van der Waals surface area (Å²) >= 11 is 1.93. The molecule has 0 aromatic carbocycles. The number of thioether (sulfide) groups is 1. The summed E-state index contributed by atoms with van der Waals surface area (Å²) in [4.78, 5) is 2.50. The third kappa shape index (κ3) is 6.98. The van der Waals surface area contributed by atoms with Crippen molar-refractivity contribution in [3.63, 3.8) is 0 Å². The topological polar surface area (TPSA) is 24.5 Å². The van der Waals surface area contributed by atoms with Crippen molar-refractivity contribution in [3.05, 3.63) is 0 Å². The van der Waals surface area contributed by atoms with E-state index in [1.807, 2.05) is 11.8 Å². The molecule has 0 aromatic rings. The fourth-order valence-corrected chi connectivity index (χ4v) is 3.21. The maximum Gasteiger partial charge on any atom is 0.0472 e. The molecular formula is C15H32N2OS. The van der Waals surface area contributed by atoms with Crippen LogP contribution in [0.3, 0.4) is 0 Å². The van der Waals surface area contributed by atoms with Crippen LogP contribution in [-0.2, 0) is 4.74 Å². The second-order valence-electron chi connectivity index (χ2n) is 6.37. The molecule has 3 nitrogen and oxygen atoms in total. The second-order valence-corrected chi connectivity index (χ2v) is 7.35. The van der Waals surface area contributed by atoms with Crippen LogP contribution in [0.5, 0.6) is 0 Å².